The summed E-state index contributed by atoms with van der Waals surface area (Å²) in [7, 11) is 3.91. The molecule has 0 radical (unpaired) electrons. The van der Waals surface area contributed by atoms with Gasteiger partial charge < -0.3 is 15.1 Å². The Hall–Kier alpha value is -2.86. The number of hydrogen-bond donors (Lipinski definition) is 1. The van der Waals surface area contributed by atoms with Crippen LogP contribution in [-0.2, 0) is 9.59 Å². The Kier molecular flexibility index (Phi) is 7.85. The predicted molar refractivity (Wildman–Crippen MR) is 122 cm³/mol. The van der Waals surface area contributed by atoms with Gasteiger partial charge >= 0.3 is 0 Å². The Morgan fingerprint density at radius 3 is 2.43 bits per heavy atom. The van der Waals surface area contributed by atoms with Crippen LogP contribution in [0.3, 0.4) is 0 Å². The molecule has 1 aliphatic rings. The van der Waals surface area contributed by atoms with Crippen molar-refractivity contribution in [2.45, 2.75) is 25.3 Å². The molecule has 0 saturated carbocycles. The average Bonchev–Trinajstić information content (AvgIpc) is 2.78. The Bertz CT molecular complexity index is 812. The molecule has 1 aliphatic heterocycles. The second-order valence-electron chi connectivity index (χ2n) is 7.86. The van der Waals surface area contributed by atoms with Crippen LogP contribution in [0.4, 0.5) is 11.4 Å². The predicted octanol–water partition coefficient (Wildman–Crippen LogP) is 2.76. The van der Waals surface area contributed by atoms with Gasteiger partial charge in [-0.05, 0) is 50.6 Å². The van der Waals surface area contributed by atoms with E-state index in [1.807, 2.05) is 65.4 Å². The van der Waals surface area contributed by atoms with Crippen molar-refractivity contribution in [3.63, 3.8) is 0 Å². The van der Waals surface area contributed by atoms with E-state index in [0.717, 1.165) is 38.0 Å². The van der Waals surface area contributed by atoms with Crippen molar-refractivity contribution in [1.82, 2.24) is 10.2 Å². The number of nitrogens with one attached hydrogen (secondary N) is 1. The molecule has 1 fully saturated rings. The standard InChI is InChI=1S/C24H32N4O2/c1-26(20-11-5-3-6-12-20)17-10-16-25-23(29)19-27(2)22-15-9-18-28(24(22)30)21-13-7-4-8-14-21/h3-8,11-14,22H,9-10,15-19H2,1-2H3,(H,25,29). The molecular formula is C24H32N4O2. The van der Waals surface area contributed by atoms with Crippen LogP contribution in [0.5, 0.6) is 0 Å². The summed E-state index contributed by atoms with van der Waals surface area (Å²) in [6.07, 6.45) is 2.59. The minimum Gasteiger partial charge on any atom is -0.375 e. The van der Waals surface area contributed by atoms with Crippen molar-refractivity contribution < 1.29 is 9.59 Å². The maximum absolute atomic E-state index is 13.0. The largest absolute Gasteiger partial charge is 0.375 e. The van der Waals surface area contributed by atoms with Crippen molar-refractivity contribution >= 4 is 23.2 Å². The van der Waals surface area contributed by atoms with E-state index in [1.54, 1.807) is 0 Å². The van der Waals surface area contributed by atoms with Crippen LogP contribution in [0.1, 0.15) is 19.3 Å². The lowest BCUT2D eigenvalue weighted by Crippen LogP contribution is -2.53. The Balaban J connectivity index is 1.42. The molecule has 30 heavy (non-hydrogen) atoms. The molecule has 1 N–H and O–H groups in total. The summed E-state index contributed by atoms with van der Waals surface area (Å²) in [6, 6.07) is 19.7. The molecule has 1 atom stereocenters. The Morgan fingerprint density at radius 1 is 1.07 bits per heavy atom. The maximum atomic E-state index is 13.0. The van der Waals surface area contributed by atoms with Crippen LogP contribution in [-0.4, -0.2) is 63.0 Å². The van der Waals surface area contributed by atoms with E-state index in [2.05, 4.69) is 29.4 Å². The van der Waals surface area contributed by atoms with E-state index >= 15 is 0 Å². The molecule has 3 rings (SSSR count). The highest BCUT2D eigenvalue weighted by Crippen LogP contribution is 2.23. The number of amides is 2. The molecule has 6 heteroatoms. The number of carbonyl (C=O) groups is 2. The van der Waals surface area contributed by atoms with Gasteiger partial charge in [0.1, 0.15) is 0 Å². The van der Waals surface area contributed by atoms with Crippen molar-refractivity contribution in [3.8, 4) is 0 Å². The number of hydrogen-bond acceptors (Lipinski definition) is 4. The van der Waals surface area contributed by atoms with Gasteiger partial charge in [-0.3, -0.25) is 14.5 Å². The molecule has 1 heterocycles. The van der Waals surface area contributed by atoms with Gasteiger partial charge in [0.25, 0.3) is 0 Å². The molecule has 160 valence electrons. The molecule has 1 unspecified atom stereocenters. The lowest BCUT2D eigenvalue weighted by molar-refractivity contribution is -0.127. The Morgan fingerprint density at radius 2 is 1.73 bits per heavy atom. The summed E-state index contributed by atoms with van der Waals surface area (Å²) in [4.78, 5) is 31.2. The number of para-hydroxylation sites is 2. The summed E-state index contributed by atoms with van der Waals surface area (Å²) in [5.74, 6) is 0.0386. The first-order valence-electron chi connectivity index (χ1n) is 10.7. The number of piperidine rings is 1. The third-order valence-electron chi connectivity index (χ3n) is 5.59. The molecule has 6 nitrogen and oxygen atoms in total. The summed E-state index contributed by atoms with van der Waals surface area (Å²) < 4.78 is 0. The van der Waals surface area contributed by atoms with Crippen molar-refractivity contribution in [2.24, 2.45) is 0 Å². The monoisotopic (exact) mass is 408 g/mol. The normalized spacial score (nSPS) is 16.6. The average molecular weight is 409 g/mol. The smallest absolute Gasteiger partial charge is 0.244 e. The van der Waals surface area contributed by atoms with Crippen molar-refractivity contribution in [1.29, 1.82) is 0 Å². The fourth-order valence-corrected chi connectivity index (χ4v) is 3.88. The Labute approximate surface area is 179 Å². The number of likely N-dealkylation sites (N-methyl/N-ethyl adjacent to an activating group) is 1. The number of nitrogens with zero attached hydrogens (tertiary/aromatic N) is 3. The van der Waals surface area contributed by atoms with E-state index in [9.17, 15) is 9.59 Å². The third kappa shape index (κ3) is 5.83. The van der Waals surface area contributed by atoms with E-state index in [0.29, 0.717) is 6.54 Å². The van der Waals surface area contributed by atoms with Crippen LogP contribution in [0, 0.1) is 0 Å². The summed E-state index contributed by atoms with van der Waals surface area (Å²) in [6.45, 7) is 2.45. The molecule has 2 aromatic carbocycles. The number of carbonyl (C=O) groups excluding carboxylic acids is 2. The topological polar surface area (TPSA) is 55.9 Å². The van der Waals surface area contributed by atoms with Crippen LogP contribution < -0.4 is 15.1 Å². The molecule has 0 bridgehead atoms. The van der Waals surface area contributed by atoms with Crippen molar-refractivity contribution in [2.75, 3.05) is 50.1 Å². The van der Waals surface area contributed by atoms with Crippen LogP contribution in [0.25, 0.3) is 0 Å². The van der Waals surface area contributed by atoms with Crippen molar-refractivity contribution in [3.05, 3.63) is 60.7 Å². The fraction of sp³-hybridized carbons (Fsp3) is 0.417. The second kappa shape index (κ2) is 10.8. The van der Waals surface area contributed by atoms with E-state index in [1.165, 1.54) is 5.69 Å². The lowest BCUT2D eigenvalue weighted by atomic mass is 10.0. The summed E-state index contributed by atoms with van der Waals surface area (Å²) >= 11 is 0. The van der Waals surface area contributed by atoms with Gasteiger partial charge in [-0.2, -0.15) is 0 Å². The van der Waals surface area contributed by atoms with E-state index in [-0.39, 0.29) is 24.4 Å². The van der Waals surface area contributed by atoms with E-state index in [4.69, 9.17) is 0 Å². The lowest BCUT2D eigenvalue weighted by Gasteiger charge is -2.36. The number of rotatable bonds is 9. The molecule has 0 aliphatic carbocycles. The molecule has 0 spiro atoms. The minimum absolute atomic E-state index is 0.0375. The zero-order valence-corrected chi connectivity index (χ0v) is 18.0. The van der Waals surface area contributed by atoms with Gasteiger partial charge in [-0.1, -0.05) is 36.4 Å². The first-order valence-corrected chi connectivity index (χ1v) is 10.7. The fourth-order valence-electron chi connectivity index (χ4n) is 3.88. The van der Waals surface area contributed by atoms with Crippen LogP contribution in [0.2, 0.25) is 0 Å². The van der Waals surface area contributed by atoms with Crippen LogP contribution >= 0.6 is 0 Å². The third-order valence-corrected chi connectivity index (χ3v) is 5.59. The summed E-state index contributed by atoms with van der Waals surface area (Å²) in [5.41, 5.74) is 2.09. The second-order valence-corrected chi connectivity index (χ2v) is 7.86. The van der Waals surface area contributed by atoms with Gasteiger partial charge in [-0.25, -0.2) is 0 Å². The molecule has 0 aromatic heterocycles. The SMILES string of the molecule is CN(CCCNC(=O)CN(C)C1CCCN(c2ccccc2)C1=O)c1ccccc1. The zero-order valence-electron chi connectivity index (χ0n) is 18.0. The van der Waals surface area contributed by atoms with Crippen LogP contribution in [0.15, 0.2) is 60.7 Å². The minimum atomic E-state index is -0.256. The zero-order chi connectivity index (χ0) is 21.3. The highest BCUT2D eigenvalue weighted by Gasteiger charge is 2.32. The molecular weight excluding hydrogens is 376 g/mol. The first-order chi connectivity index (χ1) is 14.6. The van der Waals surface area contributed by atoms with Gasteiger partial charge in [0, 0.05) is 38.1 Å². The molecule has 2 amide bonds. The van der Waals surface area contributed by atoms with Gasteiger partial charge in [0.15, 0.2) is 0 Å². The van der Waals surface area contributed by atoms with Gasteiger partial charge in [-0.15, -0.1) is 0 Å². The van der Waals surface area contributed by atoms with Gasteiger partial charge in [0.2, 0.25) is 11.8 Å². The van der Waals surface area contributed by atoms with E-state index < -0.39 is 0 Å². The summed E-state index contributed by atoms with van der Waals surface area (Å²) in [5, 5.41) is 2.99. The highest BCUT2D eigenvalue weighted by atomic mass is 16.2. The molecule has 1 saturated heterocycles. The quantitative estimate of drug-likeness (QED) is 0.649. The van der Waals surface area contributed by atoms with Gasteiger partial charge in [0.05, 0.1) is 12.6 Å². The molecule has 2 aromatic rings. The maximum Gasteiger partial charge on any atom is 0.244 e. The first kappa shape index (κ1) is 21.8. The highest BCUT2D eigenvalue weighted by molar-refractivity contribution is 5.98. The number of benzene rings is 2. The number of anilines is 2.